The molecule has 0 unspecified atom stereocenters. The molecule has 0 saturated heterocycles. The lowest BCUT2D eigenvalue weighted by Gasteiger charge is -2.10. The summed E-state index contributed by atoms with van der Waals surface area (Å²) in [5, 5.41) is 0. The van der Waals surface area contributed by atoms with Crippen LogP contribution in [-0.2, 0) is 0 Å². The predicted molar refractivity (Wildman–Crippen MR) is 50.7 cm³/mol. The lowest BCUT2D eigenvalue weighted by Crippen LogP contribution is -2.15. The molecule has 0 aromatic heterocycles. The van der Waals surface area contributed by atoms with Crippen LogP contribution in [0.5, 0.6) is 0 Å². The minimum Gasteiger partial charge on any atom is -0.396 e. The summed E-state index contributed by atoms with van der Waals surface area (Å²) in [4.78, 5) is 22.2. The SMILES string of the molecule is CC(=O)c1c(N)c(F)c(F)c(F)c1C(C)=O. The van der Waals surface area contributed by atoms with E-state index >= 15 is 0 Å². The molecule has 1 rings (SSSR count). The zero-order valence-corrected chi connectivity index (χ0v) is 8.53. The Kier molecular flexibility index (Phi) is 3.02. The van der Waals surface area contributed by atoms with Crippen LogP contribution in [-0.4, -0.2) is 11.6 Å². The van der Waals surface area contributed by atoms with E-state index in [1.165, 1.54) is 0 Å². The molecule has 0 fully saturated rings. The van der Waals surface area contributed by atoms with Crippen LogP contribution >= 0.6 is 0 Å². The Bertz CT molecular complexity index is 453. The largest absolute Gasteiger partial charge is 0.396 e. The number of hydrogen-bond acceptors (Lipinski definition) is 3. The van der Waals surface area contributed by atoms with E-state index in [9.17, 15) is 22.8 Å². The second-order valence-electron chi connectivity index (χ2n) is 3.22. The summed E-state index contributed by atoms with van der Waals surface area (Å²) in [6, 6.07) is 0. The molecule has 0 saturated carbocycles. The van der Waals surface area contributed by atoms with Gasteiger partial charge in [0.2, 0.25) is 0 Å². The molecule has 3 nitrogen and oxygen atoms in total. The fourth-order valence-corrected chi connectivity index (χ4v) is 1.37. The first-order valence-electron chi connectivity index (χ1n) is 4.26. The van der Waals surface area contributed by atoms with Gasteiger partial charge in [-0.1, -0.05) is 0 Å². The topological polar surface area (TPSA) is 60.2 Å². The highest BCUT2D eigenvalue weighted by Gasteiger charge is 2.27. The molecule has 6 heteroatoms. The Morgan fingerprint density at radius 1 is 0.875 bits per heavy atom. The highest BCUT2D eigenvalue weighted by molar-refractivity contribution is 6.10. The normalized spacial score (nSPS) is 10.3. The first-order chi connectivity index (χ1) is 7.29. The van der Waals surface area contributed by atoms with Gasteiger partial charge in [-0.2, -0.15) is 0 Å². The third-order valence-corrected chi connectivity index (χ3v) is 2.06. The van der Waals surface area contributed by atoms with Crippen molar-refractivity contribution in [3.63, 3.8) is 0 Å². The molecule has 2 N–H and O–H groups in total. The van der Waals surface area contributed by atoms with Crippen LogP contribution in [0.25, 0.3) is 0 Å². The smallest absolute Gasteiger partial charge is 0.197 e. The molecule has 0 heterocycles. The molecule has 1 aromatic carbocycles. The average molecular weight is 231 g/mol. The summed E-state index contributed by atoms with van der Waals surface area (Å²) in [6.45, 7) is 1.91. The van der Waals surface area contributed by atoms with Crippen molar-refractivity contribution in [1.29, 1.82) is 0 Å². The fraction of sp³-hybridized carbons (Fsp3) is 0.200. The van der Waals surface area contributed by atoms with Gasteiger partial charge in [0.15, 0.2) is 29.0 Å². The highest BCUT2D eigenvalue weighted by Crippen LogP contribution is 2.27. The summed E-state index contributed by atoms with van der Waals surface area (Å²) < 4.78 is 39.3. The minimum absolute atomic E-state index is 0.621. The molecule has 0 aliphatic rings. The Morgan fingerprint density at radius 3 is 1.69 bits per heavy atom. The average Bonchev–Trinajstić information content (AvgIpc) is 2.18. The fourth-order valence-electron chi connectivity index (χ4n) is 1.37. The first kappa shape index (κ1) is 12.2. The van der Waals surface area contributed by atoms with Crippen molar-refractivity contribution in [3.05, 3.63) is 28.6 Å². The van der Waals surface area contributed by atoms with Gasteiger partial charge in [0, 0.05) is 0 Å². The zero-order valence-electron chi connectivity index (χ0n) is 8.53. The van der Waals surface area contributed by atoms with Crippen LogP contribution < -0.4 is 5.73 Å². The maximum Gasteiger partial charge on any atom is 0.197 e. The molecule has 0 amide bonds. The second kappa shape index (κ2) is 3.96. The maximum absolute atomic E-state index is 13.3. The third kappa shape index (κ3) is 1.66. The van der Waals surface area contributed by atoms with Crippen molar-refractivity contribution in [3.8, 4) is 0 Å². The van der Waals surface area contributed by atoms with Crippen molar-refractivity contribution >= 4 is 17.3 Å². The van der Waals surface area contributed by atoms with Crippen molar-refractivity contribution in [2.75, 3.05) is 5.73 Å². The summed E-state index contributed by atoms with van der Waals surface area (Å²) in [5.41, 5.74) is 2.85. The van der Waals surface area contributed by atoms with Crippen molar-refractivity contribution in [1.82, 2.24) is 0 Å². The molecule has 0 aliphatic heterocycles. The van der Waals surface area contributed by atoms with E-state index in [1.807, 2.05) is 0 Å². The summed E-state index contributed by atoms with van der Waals surface area (Å²) in [7, 11) is 0. The number of benzene rings is 1. The number of nitrogens with two attached hydrogens (primary N) is 1. The third-order valence-electron chi connectivity index (χ3n) is 2.06. The van der Waals surface area contributed by atoms with E-state index in [0.29, 0.717) is 0 Å². The zero-order chi connectivity index (χ0) is 12.6. The lowest BCUT2D eigenvalue weighted by atomic mass is 9.98. The van der Waals surface area contributed by atoms with Crippen molar-refractivity contribution in [2.45, 2.75) is 13.8 Å². The molecule has 16 heavy (non-hydrogen) atoms. The number of anilines is 1. The van der Waals surface area contributed by atoms with Gasteiger partial charge in [0.05, 0.1) is 16.8 Å². The Hall–Kier alpha value is -1.85. The van der Waals surface area contributed by atoms with E-state index in [1.54, 1.807) is 0 Å². The molecule has 1 aromatic rings. The minimum atomic E-state index is -1.85. The van der Waals surface area contributed by atoms with Gasteiger partial charge < -0.3 is 5.73 Å². The monoisotopic (exact) mass is 231 g/mol. The summed E-state index contributed by atoms with van der Waals surface area (Å²) >= 11 is 0. The number of rotatable bonds is 2. The number of hydrogen-bond donors (Lipinski definition) is 1. The van der Waals surface area contributed by atoms with E-state index < -0.39 is 45.8 Å². The second-order valence-corrected chi connectivity index (χ2v) is 3.22. The van der Waals surface area contributed by atoms with Crippen LogP contribution in [0, 0.1) is 17.5 Å². The Labute approximate surface area is 89.1 Å². The quantitative estimate of drug-likeness (QED) is 0.481. The number of nitrogen functional groups attached to an aromatic ring is 1. The molecule has 86 valence electrons. The van der Waals surface area contributed by atoms with E-state index in [4.69, 9.17) is 5.73 Å². The lowest BCUT2D eigenvalue weighted by molar-refractivity contribution is 0.0976. The van der Waals surface area contributed by atoms with Gasteiger partial charge >= 0.3 is 0 Å². The Balaban J connectivity index is 3.83. The van der Waals surface area contributed by atoms with Crippen LogP contribution in [0.2, 0.25) is 0 Å². The van der Waals surface area contributed by atoms with Gasteiger partial charge in [0.1, 0.15) is 0 Å². The number of carbonyl (C=O) groups is 2. The van der Waals surface area contributed by atoms with Gasteiger partial charge in [-0.15, -0.1) is 0 Å². The number of Topliss-reactive ketones (excluding diaryl/α,β-unsaturated/α-hetero) is 2. The molecular weight excluding hydrogens is 223 g/mol. The van der Waals surface area contributed by atoms with Gasteiger partial charge in [-0.05, 0) is 13.8 Å². The molecule has 0 spiro atoms. The standard InChI is InChI=1S/C10H8F3NO2/c1-3(15)5-6(4(2)16)10(14)9(13)8(12)7(5)11/h14H2,1-2H3. The Morgan fingerprint density at radius 2 is 1.31 bits per heavy atom. The number of ketones is 2. The van der Waals surface area contributed by atoms with E-state index in [-0.39, 0.29) is 0 Å². The molecule has 0 bridgehead atoms. The van der Waals surface area contributed by atoms with Gasteiger partial charge in [-0.3, -0.25) is 9.59 Å². The van der Waals surface area contributed by atoms with Crippen molar-refractivity contribution < 1.29 is 22.8 Å². The highest BCUT2D eigenvalue weighted by atomic mass is 19.2. The van der Waals surface area contributed by atoms with Crippen LogP contribution in [0.3, 0.4) is 0 Å². The first-order valence-corrected chi connectivity index (χ1v) is 4.26. The molecule has 0 atom stereocenters. The van der Waals surface area contributed by atoms with E-state index in [2.05, 4.69) is 0 Å². The predicted octanol–water partition coefficient (Wildman–Crippen LogP) is 2.09. The number of carbonyl (C=O) groups excluding carboxylic acids is 2. The van der Waals surface area contributed by atoms with Crippen LogP contribution in [0.15, 0.2) is 0 Å². The summed E-state index contributed by atoms with van der Waals surface area (Å²) in [5.74, 6) is -6.90. The maximum atomic E-state index is 13.3. The number of halogens is 3. The van der Waals surface area contributed by atoms with Gasteiger partial charge in [-0.25, -0.2) is 13.2 Å². The van der Waals surface area contributed by atoms with Crippen LogP contribution in [0.1, 0.15) is 34.6 Å². The molecular formula is C10H8F3NO2. The van der Waals surface area contributed by atoms with Crippen molar-refractivity contribution in [2.24, 2.45) is 0 Å². The molecule has 0 radical (unpaired) electrons. The van der Waals surface area contributed by atoms with E-state index in [0.717, 1.165) is 13.8 Å². The van der Waals surface area contributed by atoms with Crippen LogP contribution in [0.4, 0.5) is 18.9 Å². The van der Waals surface area contributed by atoms with Gasteiger partial charge in [0.25, 0.3) is 0 Å². The molecule has 0 aliphatic carbocycles. The summed E-state index contributed by atoms with van der Waals surface area (Å²) in [6.07, 6.45) is 0.